The number of aryl methyl sites for hydroxylation is 1. The third kappa shape index (κ3) is 5.32. The standard InChI is InChI=1S/C18H28N2O2/c1-4-5-6-7-8-9-16-12-15-13-19-18(20-17(15)22-16)21-11-10-14(2)3/h12-14H,4-11H2,1-3H3. The summed E-state index contributed by atoms with van der Waals surface area (Å²) in [5.74, 6) is 1.62. The quantitative estimate of drug-likeness (QED) is 0.569. The third-order valence-electron chi connectivity index (χ3n) is 3.76. The van der Waals surface area contributed by atoms with E-state index < -0.39 is 0 Å². The Bertz CT molecular complexity index is 563. The van der Waals surface area contributed by atoms with E-state index in [1.54, 1.807) is 6.20 Å². The van der Waals surface area contributed by atoms with Gasteiger partial charge in [0.1, 0.15) is 5.76 Å². The number of nitrogens with zero attached hydrogens (tertiary/aromatic N) is 2. The zero-order valence-corrected chi connectivity index (χ0v) is 14.1. The Morgan fingerprint density at radius 1 is 1.18 bits per heavy atom. The molecule has 0 fully saturated rings. The van der Waals surface area contributed by atoms with Crippen molar-refractivity contribution >= 4 is 11.1 Å². The summed E-state index contributed by atoms with van der Waals surface area (Å²) in [5, 5.41) is 0.958. The van der Waals surface area contributed by atoms with Crippen LogP contribution in [-0.4, -0.2) is 16.6 Å². The molecule has 0 radical (unpaired) electrons. The Labute approximate surface area is 133 Å². The Hall–Kier alpha value is -1.58. The van der Waals surface area contributed by atoms with E-state index in [1.165, 1.54) is 32.1 Å². The first kappa shape index (κ1) is 16.8. The lowest BCUT2D eigenvalue weighted by Crippen LogP contribution is -2.03. The fourth-order valence-corrected chi connectivity index (χ4v) is 2.35. The molecule has 0 saturated heterocycles. The van der Waals surface area contributed by atoms with Crippen LogP contribution in [0.15, 0.2) is 16.7 Å². The van der Waals surface area contributed by atoms with E-state index in [2.05, 4.69) is 30.7 Å². The van der Waals surface area contributed by atoms with E-state index in [4.69, 9.17) is 9.15 Å². The highest BCUT2D eigenvalue weighted by molar-refractivity contribution is 5.73. The van der Waals surface area contributed by atoms with E-state index in [0.29, 0.717) is 24.2 Å². The van der Waals surface area contributed by atoms with Gasteiger partial charge in [-0.2, -0.15) is 4.98 Å². The summed E-state index contributed by atoms with van der Waals surface area (Å²) < 4.78 is 11.4. The molecule has 0 spiro atoms. The number of unbranched alkanes of at least 4 members (excludes halogenated alkanes) is 4. The van der Waals surface area contributed by atoms with Crippen LogP contribution in [0.5, 0.6) is 6.01 Å². The van der Waals surface area contributed by atoms with E-state index in [9.17, 15) is 0 Å². The second-order valence-corrected chi connectivity index (χ2v) is 6.32. The molecule has 0 aromatic carbocycles. The van der Waals surface area contributed by atoms with Crippen LogP contribution < -0.4 is 4.74 Å². The number of fused-ring (bicyclic) bond motifs is 1. The minimum atomic E-state index is 0.414. The van der Waals surface area contributed by atoms with Gasteiger partial charge in [-0.1, -0.05) is 46.5 Å². The van der Waals surface area contributed by atoms with Crippen LogP contribution in [0.3, 0.4) is 0 Å². The van der Waals surface area contributed by atoms with Crippen molar-refractivity contribution in [1.82, 2.24) is 9.97 Å². The fraction of sp³-hybridized carbons (Fsp3) is 0.667. The van der Waals surface area contributed by atoms with E-state index in [1.807, 2.05) is 6.07 Å². The number of hydrogen-bond donors (Lipinski definition) is 0. The average Bonchev–Trinajstić information content (AvgIpc) is 2.88. The zero-order chi connectivity index (χ0) is 15.8. The molecule has 0 aliphatic carbocycles. The van der Waals surface area contributed by atoms with Crippen molar-refractivity contribution in [1.29, 1.82) is 0 Å². The smallest absolute Gasteiger partial charge is 0.319 e. The number of hydrogen-bond acceptors (Lipinski definition) is 4. The summed E-state index contributed by atoms with van der Waals surface area (Å²) >= 11 is 0. The maximum absolute atomic E-state index is 5.81. The summed E-state index contributed by atoms with van der Waals surface area (Å²) in [4.78, 5) is 8.59. The largest absolute Gasteiger partial charge is 0.463 e. The van der Waals surface area contributed by atoms with E-state index in [-0.39, 0.29) is 0 Å². The highest BCUT2D eigenvalue weighted by Gasteiger charge is 2.08. The molecule has 0 saturated carbocycles. The van der Waals surface area contributed by atoms with Crippen molar-refractivity contribution in [2.75, 3.05) is 6.61 Å². The Balaban J connectivity index is 1.87. The second-order valence-electron chi connectivity index (χ2n) is 6.32. The van der Waals surface area contributed by atoms with Gasteiger partial charge in [0.05, 0.1) is 12.0 Å². The van der Waals surface area contributed by atoms with Crippen LogP contribution in [0, 0.1) is 5.92 Å². The van der Waals surface area contributed by atoms with Gasteiger partial charge in [0.15, 0.2) is 0 Å². The average molecular weight is 304 g/mol. The predicted molar refractivity (Wildman–Crippen MR) is 89.2 cm³/mol. The lowest BCUT2D eigenvalue weighted by atomic mass is 10.1. The van der Waals surface area contributed by atoms with Gasteiger partial charge in [-0.05, 0) is 24.8 Å². The van der Waals surface area contributed by atoms with Gasteiger partial charge in [0.2, 0.25) is 5.71 Å². The molecule has 0 bridgehead atoms. The molecule has 4 heteroatoms. The van der Waals surface area contributed by atoms with Gasteiger partial charge in [0.25, 0.3) is 0 Å². The topological polar surface area (TPSA) is 48.2 Å². The van der Waals surface area contributed by atoms with E-state index >= 15 is 0 Å². The molecule has 4 nitrogen and oxygen atoms in total. The maximum atomic E-state index is 5.81. The SMILES string of the molecule is CCCCCCCc1cc2cnc(OCCC(C)C)nc2o1. The minimum absolute atomic E-state index is 0.414. The van der Waals surface area contributed by atoms with Gasteiger partial charge in [0, 0.05) is 12.6 Å². The van der Waals surface area contributed by atoms with Gasteiger partial charge in [-0.25, -0.2) is 4.98 Å². The van der Waals surface area contributed by atoms with Crippen molar-refractivity contribution in [3.63, 3.8) is 0 Å². The van der Waals surface area contributed by atoms with Gasteiger partial charge in [-0.3, -0.25) is 0 Å². The first-order valence-corrected chi connectivity index (χ1v) is 8.57. The Kier molecular flexibility index (Phi) is 6.69. The van der Waals surface area contributed by atoms with Crippen molar-refractivity contribution in [3.8, 4) is 6.01 Å². The van der Waals surface area contributed by atoms with Crippen molar-refractivity contribution < 1.29 is 9.15 Å². The molecule has 2 rings (SSSR count). The number of aromatic nitrogens is 2. The highest BCUT2D eigenvalue weighted by atomic mass is 16.5. The minimum Gasteiger partial charge on any atom is -0.463 e. The molecule has 0 aliphatic rings. The molecular weight excluding hydrogens is 276 g/mol. The number of rotatable bonds is 10. The normalized spacial score (nSPS) is 11.5. The first-order chi connectivity index (χ1) is 10.7. The molecule has 0 unspecified atom stereocenters. The number of furan rings is 1. The lowest BCUT2D eigenvalue weighted by Gasteiger charge is -2.05. The molecule has 2 heterocycles. The fourth-order valence-electron chi connectivity index (χ4n) is 2.35. The highest BCUT2D eigenvalue weighted by Crippen LogP contribution is 2.20. The summed E-state index contributed by atoms with van der Waals surface area (Å²) in [5.41, 5.74) is 0.637. The van der Waals surface area contributed by atoms with E-state index in [0.717, 1.165) is 24.0 Å². The summed E-state index contributed by atoms with van der Waals surface area (Å²) in [6, 6.07) is 2.46. The third-order valence-corrected chi connectivity index (χ3v) is 3.76. The van der Waals surface area contributed by atoms with Crippen molar-refractivity contribution in [3.05, 3.63) is 18.0 Å². The van der Waals surface area contributed by atoms with Gasteiger partial charge >= 0.3 is 6.01 Å². The maximum Gasteiger partial charge on any atom is 0.319 e. The molecular formula is C18H28N2O2. The second kappa shape index (κ2) is 8.76. The molecule has 2 aromatic rings. The van der Waals surface area contributed by atoms with Crippen molar-refractivity contribution in [2.24, 2.45) is 5.92 Å². The van der Waals surface area contributed by atoms with Crippen LogP contribution in [0.2, 0.25) is 0 Å². The van der Waals surface area contributed by atoms with Crippen LogP contribution in [0.1, 0.15) is 65.1 Å². The Morgan fingerprint density at radius 3 is 2.77 bits per heavy atom. The van der Waals surface area contributed by atoms with Gasteiger partial charge in [-0.15, -0.1) is 0 Å². The molecule has 0 amide bonds. The molecule has 0 atom stereocenters. The molecule has 2 aromatic heterocycles. The predicted octanol–water partition coefficient (Wildman–Crippen LogP) is 5.16. The summed E-state index contributed by atoms with van der Waals surface area (Å²) in [6.07, 6.45) is 10.1. The summed E-state index contributed by atoms with van der Waals surface area (Å²) in [6.45, 7) is 7.23. The van der Waals surface area contributed by atoms with Crippen molar-refractivity contribution in [2.45, 2.75) is 65.7 Å². The van der Waals surface area contributed by atoms with Crippen LogP contribution in [-0.2, 0) is 6.42 Å². The monoisotopic (exact) mass is 304 g/mol. The van der Waals surface area contributed by atoms with Crippen LogP contribution in [0.4, 0.5) is 0 Å². The first-order valence-electron chi connectivity index (χ1n) is 8.57. The summed E-state index contributed by atoms with van der Waals surface area (Å²) in [7, 11) is 0. The van der Waals surface area contributed by atoms with Crippen LogP contribution >= 0.6 is 0 Å². The molecule has 0 aliphatic heterocycles. The number of ether oxygens (including phenoxy) is 1. The molecule has 122 valence electrons. The molecule has 0 N–H and O–H groups in total. The Morgan fingerprint density at radius 2 is 2.00 bits per heavy atom. The lowest BCUT2D eigenvalue weighted by molar-refractivity contribution is 0.268. The molecule has 22 heavy (non-hydrogen) atoms. The van der Waals surface area contributed by atoms with Crippen LogP contribution in [0.25, 0.3) is 11.1 Å². The van der Waals surface area contributed by atoms with Gasteiger partial charge < -0.3 is 9.15 Å². The zero-order valence-electron chi connectivity index (χ0n) is 14.1.